The first kappa shape index (κ1) is 37.8. The molecule has 37 heavy (non-hydrogen) atoms. The molecule has 0 N–H and O–H groups in total. The Morgan fingerprint density at radius 3 is 1.22 bits per heavy atom. The van der Waals surface area contributed by atoms with Crippen LogP contribution in [0.25, 0.3) is 0 Å². The Bertz CT molecular complexity index is 1080. The average Bonchev–Trinajstić information content (AvgIpc) is 2.83. The van der Waals surface area contributed by atoms with Crippen LogP contribution in [0.2, 0.25) is 5.02 Å². The van der Waals surface area contributed by atoms with Gasteiger partial charge in [-0.2, -0.15) is 0 Å². The molecule has 2 aromatic carbocycles. The van der Waals surface area contributed by atoms with Gasteiger partial charge < -0.3 is 37.2 Å². The van der Waals surface area contributed by atoms with Crippen LogP contribution in [-0.4, -0.2) is 16.4 Å². The maximum Gasteiger partial charge on any atom is 0.0864 e. The minimum absolute atomic E-state index is 0. The molecule has 3 aromatic rings. The number of nitrogens with zero attached hydrogens (tertiary/aromatic N) is 3. The van der Waals surface area contributed by atoms with Gasteiger partial charge in [0, 0.05) is 23.6 Å². The van der Waals surface area contributed by atoms with E-state index >= 15 is 0 Å². The van der Waals surface area contributed by atoms with E-state index in [0.29, 0.717) is 5.02 Å². The number of pyridine rings is 1. The molecule has 0 aliphatic carbocycles. The van der Waals surface area contributed by atoms with Crippen LogP contribution in [0, 0.1) is 0 Å². The number of halogens is 4. The molecule has 1 radical (unpaired) electrons. The second-order valence-corrected chi connectivity index (χ2v) is 8.65. The van der Waals surface area contributed by atoms with Gasteiger partial charge in [-0.25, -0.2) is 4.98 Å². The minimum atomic E-state index is 0. The predicted molar refractivity (Wildman–Crippen MR) is 143 cm³/mol. The Kier molecular flexibility index (Phi) is 18.5. The van der Waals surface area contributed by atoms with Crippen LogP contribution in [0.1, 0.15) is 75.2 Å². The molecule has 3 nitrogen and oxygen atoms in total. The second-order valence-electron chi connectivity index (χ2n) is 8.21. The summed E-state index contributed by atoms with van der Waals surface area (Å²) < 4.78 is 0. The summed E-state index contributed by atoms with van der Waals surface area (Å²) in [5.41, 5.74) is 10.4. The molecule has 201 valence electrons. The van der Waals surface area contributed by atoms with Gasteiger partial charge in [0.25, 0.3) is 0 Å². The zero-order chi connectivity index (χ0) is 24.0. The topological polar surface area (TPSA) is 37.6 Å². The van der Waals surface area contributed by atoms with Crippen LogP contribution >= 0.6 is 11.6 Å². The summed E-state index contributed by atoms with van der Waals surface area (Å²) >= 11 is 6.53. The van der Waals surface area contributed by atoms with Crippen molar-refractivity contribution in [2.75, 3.05) is 0 Å². The van der Waals surface area contributed by atoms with Gasteiger partial charge in [-0.3, -0.25) is 9.98 Å². The van der Waals surface area contributed by atoms with Crippen LogP contribution in [-0.2, 0) is 44.2 Å². The number of aryl methyl sites for hydroxylation is 4. The number of aromatic nitrogens is 1. The molecule has 1 aromatic heterocycles. The summed E-state index contributed by atoms with van der Waals surface area (Å²) in [6, 6.07) is 16.6. The molecule has 3 rings (SSSR count). The molecule has 0 fully saturated rings. The Balaban J connectivity index is 0. The molecular formula is C29H34Cl4N3V-3. The fourth-order valence-electron chi connectivity index (χ4n) is 4.04. The van der Waals surface area contributed by atoms with Gasteiger partial charge in [-0.1, -0.05) is 75.7 Å². The fourth-order valence-corrected chi connectivity index (χ4v) is 4.24. The van der Waals surface area contributed by atoms with Crippen molar-refractivity contribution in [3.05, 3.63) is 87.2 Å². The van der Waals surface area contributed by atoms with Crippen LogP contribution in [0.5, 0.6) is 0 Å². The molecule has 0 amide bonds. The van der Waals surface area contributed by atoms with Crippen LogP contribution in [0.4, 0.5) is 11.4 Å². The maximum absolute atomic E-state index is 6.53. The molecule has 0 spiro atoms. The van der Waals surface area contributed by atoms with Crippen LogP contribution < -0.4 is 37.2 Å². The Labute approximate surface area is 258 Å². The molecule has 0 aliphatic heterocycles. The van der Waals surface area contributed by atoms with E-state index in [1.165, 1.54) is 22.3 Å². The molecule has 0 aliphatic rings. The van der Waals surface area contributed by atoms with E-state index in [2.05, 4.69) is 64.1 Å². The van der Waals surface area contributed by atoms with Crippen molar-refractivity contribution < 1.29 is 55.8 Å². The zero-order valence-corrected chi connectivity index (χ0v) is 26.7. The summed E-state index contributed by atoms with van der Waals surface area (Å²) in [6.07, 6.45) is 3.76. The van der Waals surface area contributed by atoms with Crippen molar-refractivity contribution in [1.82, 2.24) is 4.98 Å². The smallest absolute Gasteiger partial charge is 0.0864 e. The molecule has 8 heteroatoms. The molecular weight excluding hydrogens is 583 g/mol. The van der Waals surface area contributed by atoms with Gasteiger partial charge in [-0.15, -0.1) is 0 Å². The normalized spacial score (nSPS) is 11.0. The zero-order valence-electron chi connectivity index (χ0n) is 22.2. The first-order chi connectivity index (χ1) is 15.9. The van der Waals surface area contributed by atoms with Gasteiger partial charge in [0.2, 0.25) is 0 Å². The number of hydrogen-bond acceptors (Lipinski definition) is 3. The monoisotopic (exact) mass is 615 g/mol. The average molecular weight is 617 g/mol. The van der Waals surface area contributed by atoms with Crippen molar-refractivity contribution in [1.29, 1.82) is 0 Å². The summed E-state index contributed by atoms with van der Waals surface area (Å²) in [5.74, 6) is 0. The van der Waals surface area contributed by atoms with E-state index in [-0.39, 0.29) is 55.8 Å². The predicted octanol–water partition coefficient (Wildman–Crippen LogP) is -0.724. The number of rotatable bonds is 8. The Hall–Kier alpha value is -1.33. The largest absolute Gasteiger partial charge is 1.00 e. The minimum Gasteiger partial charge on any atom is -1.00 e. The van der Waals surface area contributed by atoms with Crippen molar-refractivity contribution in [2.24, 2.45) is 9.98 Å². The molecule has 0 saturated carbocycles. The van der Waals surface area contributed by atoms with Gasteiger partial charge in [0.15, 0.2) is 0 Å². The van der Waals surface area contributed by atoms with E-state index < -0.39 is 0 Å². The van der Waals surface area contributed by atoms with Crippen LogP contribution in [0.15, 0.2) is 58.5 Å². The number of hydrogen-bond donors (Lipinski definition) is 0. The first-order valence-electron chi connectivity index (χ1n) is 11.9. The maximum atomic E-state index is 6.53. The third kappa shape index (κ3) is 9.42. The standard InChI is InChI=1S/C29H34ClN3.3ClH.V/c1-7-21-13-11-14-22(8-2)28(21)31-19(5)26-17-25(30)18-27(33-26)20(6)32-29-23(9-3)15-12-16-24(29)10-4;;;;/h11-18H,7-10H2,1-6H3;3*1H;/p-3. The van der Waals surface area contributed by atoms with Crippen molar-refractivity contribution in [2.45, 2.75) is 67.2 Å². The SMILES string of the molecule is CCc1cccc(CC)c1N=C(C)c1cc(Cl)cc(C(C)=Nc2c(CC)cccc2CC)n1.[Cl-].[Cl-].[Cl-].[V]. The molecule has 0 bridgehead atoms. The van der Waals surface area contributed by atoms with E-state index in [1.54, 1.807) is 0 Å². The molecule has 1 heterocycles. The summed E-state index contributed by atoms with van der Waals surface area (Å²) in [7, 11) is 0. The number of benzene rings is 2. The Morgan fingerprint density at radius 2 is 0.946 bits per heavy atom. The summed E-state index contributed by atoms with van der Waals surface area (Å²) in [4.78, 5) is 14.9. The number of para-hydroxylation sites is 2. The van der Waals surface area contributed by atoms with E-state index in [4.69, 9.17) is 26.6 Å². The Morgan fingerprint density at radius 1 is 0.649 bits per heavy atom. The van der Waals surface area contributed by atoms with Crippen LogP contribution in [0.3, 0.4) is 0 Å². The van der Waals surface area contributed by atoms with Gasteiger partial charge in [0.05, 0.1) is 34.2 Å². The third-order valence-corrected chi connectivity index (χ3v) is 6.24. The first-order valence-corrected chi connectivity index (χ1v) is 12.3. The van der Waals surface area contributed by atoms with E-state index in [0.717, 1.165) is 59.9 Å². The van der Waals surface area contributed by atoms with Crippen molar-refractivity contribution in [3.8, 4) is 0 Å². The number of aliphatic imine (C=N–C) groups is 2. The molecule has 0 unspecified atom stereocenters. The van der Waals surface area contributed by atoms with Gasteiger partial charge in [-0.05, 0) is 73.9 Å². The summed E-state index contributed by atoms with van der Waals surface area (Å²) in [6.45, 7) is 12.7. The fraction of sp³-hybridized carbons (Fsp3) is 0.345. The van der Waals surface area contributed by atoms with Crippen molar-refractivity contribution >= 4 is 34.4 Å². The molecule has 0 atom stereocenters. The quantitative estimate of drug-likeness (QED) is 0.308. The second kappa shape index (κ2) is 18.0. The molecule has 0 saturated heterocycles. The van der Waals surface area contributed by atoms with Gasteiger partial charge in [0.1, 0.15) is 0 Å². The van der Waals surface area contributed by atoms with E-state index in [9.17, 15) is 0 Å². The van der Waals surface area contributed by atoms with Gasteiger partial charge >= 0.3 is 0 Å². The van der Waals surface area contributed by atoms with Crippen molar-refractivity contribution in [3.63, 3.8) is 0 Å². The van der Waals surface area contributed by atoms with E-state index in [1.807, 2.05) is 26.0 Å². The summed E-state index contributed by atoms with van der Waals surface area (Å²) in [5, 5.41) is 0.637. The third-order valence-electron chi connectivity index (χ3n) is 6.02.